The van der Waals surface area contributed by atoms with Gasteiger partial charge in [-0.3, -0.25) is 0 Å². The molecule has 3 heteroatoms. The quantitative estimate of drug-likeness (QED) is 0.744. The average molecular weight is 189 g/mol. The molecule has 0 N–H and O–H groups in total. The van der Waals surface area contributed by atoms with Crippen molar-refractivity contribution < 1.29 is 9.15 Å². The minimum absolute atomic E-state index is 0.684. The van der Waals surface area contributed by atoms with Crippen LogP contribution in [0.15, 0.2) is 41.3 Å². The Hall–Kier alpha value is -1.77. The molecule has 0 radical (unpaired) electrons. The standard InChI is InChI=1S/C11H11NO2/c1-2-14-10-5-3-9(4-6-10)11-7-13-8-12-11/h3-8H,2H2,1H3. The second kappa shape index (κ2) is 3.96. The Balaban J connectivity index is 2.22. The summed E-state index contributed by atoms with van der Waals surface area (Å²) in [6, 6.07) is 7.77. The van der Waals surface area contributed by atoms with Gasteiger partial charge in [0.25, 0.3) is 0 Å². The molecule has 1 heterocycles. The lowest BCUT2D eigenvalue weighted by Gasteiger charge is -2.02. The van der Waals surface area contributed by atoms with Gasteiger partial charge in [0.15, 0.2) is 6.39 Å². The smallest absolute Gasteiger partial charge is 0.181 e. The van der Waals surface area contributed by atoms with Gasteiger partial charge in [-0.2, -0.15) is 0 Å². The topological polar surface area (TPSA) is 35.3 Å². The normalized spacial score (nSPS) is 10.1. The van der Waals surface area contributed by atoms with Crippen molar-refractivity contribution in [3.8, 4) is 17.0 Å². The Kier molecular flexibility index (Phi) is 2.49. The molecule has 0 unspecified atom stereocenters. The SMILES string of the molecule is CCOc1ccc(-c2cocn2)cc1. The Morgan fingerprint density at radius 1 is 1.29 bits per heavy atom. The van der Waals surface area contributed by atoms with Crippen LogP contribution in [0.4, 0.5) is 0 Å². The van der Waals surface area contributed by atoms with E-state index in [-0.39, 0.29) is 0 Å². The Morgan fingerprint density at radius 2 is 2.07 bits per heavy atom. The molecule has 2 rings (SSSR count). The predicted octanol–water partition coefficient (Wildman–Crippen LogP) is 2.74. The van der Waals surface area contributed by atoms with Crippen LogP contribution in [0.3, 0.4) is 0 Å². The lowest BCUT2D eigenvalue weighted by molar-refractivity contribution is 0.340. The fourth-order valence-corrected chi connectivity index (χ4v) is 1.24. The summed E-state index contributed by atoms with van der Waals surface area (Å²) in [4.78, 5) is 4.05. The lowest BCUT2D eigenvalue weighted by Crippen LogP contribution is -1.90. The van der Waals surface area contributed by atoms with Gasteiger partial charge in [0.2, 0.25) is 0 Å². The van der Waals surface area contributed by atoms with Crippen molar-refractivity contribution >= 4 is 0 Å². The molecule has 3 nitrogen and oxygen atoms in total. The van der Waals surface area contributed by atoms with Crippen LogP contribution in [0.1, 0.15) is 6.92 Å². The highest BCUT2D eigenvalue weighted by atomic mass is 16.5. The Bertz CT molecular complexity index is 378. The Labute approximate surface area is 82.3 Å². The molecule has 72 valence electrons. The molecule has 0 saturated carbocycles. The number of aromatic nitrogens is 1. The highest BCUT2D eigenvalue weighted by Gasteiger charge is 2.00. The number of benzene rings is 1. The van der Waals surface area contributed by atoms with E-state index in [2.05, 4.69) is 4.98 Å². The predicted molar refractivity (Wildman–Crippen MR) is 53.1 cm³/mol. The van der Waals surface area contributed by atoms with Crippen LogP contribution in [-0.2, 0) is 0 Å². The van der Waals surface area contributed by atoms with Crippen LogP contribution < -0.4 is 4.74 Å². The molecule has 1 aromatic carbocycles. The highest BCUT2D eigenvalue weighted by molar-refractivity contribution is 5.58. The molecule has 0 amide bonds. The van der Waals surface area contributed by atoms with E-state index in [1.165, 1.54) is 6.39 Å². The van der Waals surface area contributed by atoms with Crippen molar-refractivity contribution in [1.82, 2.24) is 4.98 Å². The summed E-state index contributed by atoms with van der Waals surface area (Å²) in [5.41, 5.74) is 1.87. The molecule has 0 fully saturated rings. The first kappa shape index (κ1) is 8.81. The van der Waals surface area contributed by atoms with Gasteiger partial charge in [0.05, 0.1) is 6.61 Å². The van der Waals surface area contributed by atoms with Crippen LogP contribution in [0.2, 0.25) is 0 Å². The van der Waals surface area contributed by atoms with Crippen molar-refractivity contribution in [2.75, 3.05) is 6.61 Å². The summed E-state index contributed by atoms with van der Waals surface area (Å²) in [5.74, 6) is 0.875. The van der Waals surface area contributed by atoms with Gasteiger partial charge in [-0.25, -0.2) is 4.98 Å². The zero-order valence-electron chi connectivity index (χ0n) is 7.93. The maximum Gasteiger partial charge on any atom is 0.181 e. The minimum Gasteiger partial charge on any atom is -0.494 e. The van der Waals surface area contributed by atoms with E-state index in [0.717, 1.165) is 17.0 Å². The number of rotatable bonds is 3. The van der Waals surface area contributed by atoms with Gasteiger partial charge < -0.3 is 9.15 Å². The first-order chi connectivity index (χ1) is 6.90. The van der Waals surface area contributed by atoms with E-state index >= 15 is 0 Å². The Morgan fingerprint density at radius 3 is 2.64 bits per heavy atom. The molecule has 0 aliphatic heterocycles. The summed E-state index contributed by atoms with van der Waals surface area (Å²) in [7, 11) is 0. The third-order valence-corrected chi connectivity index (χ3v) is 1.89. The van der Waals surface area contributed by atoms with Crippen molar-refractivity contribution in [2.45, 2.75) is 6.92 Å². The summed E-state index contributed by atoms with van der Waals surface area (Å²) >= 11 is 0. The molecule has 0 bridgehead atoms. The third-order valence-electron chi connectivity index (χ3n) is 1.89. The first-order valence-electron chi connectivity index (χ1n) is 4.51. The third kappa shape index (κ3) is 1.76. The number of nitrogens with zero attached hydrogens (tertiary/aromatic N) is 1. The largest absolute Gasteiger partial charge is 0.494 e. The van der Waals surface area contributed by atoms with Gasteiger partial charge in [-0.05, 0) is 31.2 Å². The average Bonchev–Trinajstić information content (AvgIpc) is 2.72. The van der Waals surface area contributed by atoms with Crippen LogP contribution in [0.5, 0.6) is 5.75 Å². The van der Waals surface area contributed by atoms with E-state index < -0.39 is 0 Å². The fourth-order valence-electron chi connectivity index (χ4n) is 1.24. The van der Waals surface area contributed by atoms with E-state index in [1.807, 2.05) is 31.2 Å². The number of oxazole rings is 1. The zero-order valence-corrected chi connectivity index (χ0v) is 7.93. The van der Waals surface area contributed by atoms with E-state index in [1.54, 1.807) is 6.26 Å². The van der Waals surface area contributed by atoms with E-state index in [4.69, 9.17) is 9.15 Å². The van der Waals surface area contributed by atoms with Crippen molar-refractivity contribution in [3.05, 3.63) is 36.9 Å². The number of ether oxygens (including phenoxy) is 1. The molecule has 0 aliphatic rings. The molecule has 2 aromatic rings. The molecular formula is C11H11NO2. The van der Waals surface area contributed by atoms with Crippen LogP contribution in [0, 0.1) is 0 Å². The highest BCUT2D eigenvalue weighted by Crippen LogP contribution is 2.20. The van der Waals surface area contributed by atoms with E-state index in [9.17, 15) is 0 Å². The first-order valence-corrected chi connectivity index (χ1v) is 4.51. The van der Waals surface area contributed by atoms with Gasteiger partial charge in [-0.15, -0.1) is 0 Å². The van der Waals surface area contributed by atoms with Crippen molar-refractivity contribution in [3.63, 3.8) is 0 Å². The summed E-state index contributed by atoms with van der Waals surface area (Å²) < 4.78 is 10.2. The maximum absolute atomic E-state index is 5.33. The second-order valence-electron chi connectivity index (χ2n) is 2.83. The summed E-state index contributed by atoms with van der Waals surface area (Å²) in [6.07, 6.45) is 3.04. The second-order valence-corrected chi connectivity index (χ2v) is 2.83. The van der Waals surface area contributed by atoms with Gasteiger partial charge in [0.1, 0.15) is 17.7 Å². The molecular weight excluding hydrogens is 178 g/mol. The minimum atomic E-state index is 0.684. The van der Waals surface area contributed by atoms with Crippen LogP contribution >= 0.6 is 0 Å². The molecule has 0 spiro atoms. The lowest BCUT2D eigenvalue weighted by atomic mass is 10.2. The van der Waals surface area contributed by atoms with Crippen LogP contribution in [-0.4, -0.2) is 11.6 Å². The monoisotopic (exact) mass is 189 g/mol. The molecule has 14 heavy (non-hydrogen) atoms. The molecule has 1 aromatic heterocycles. The van der Waals surface area contributed by atoms with Crippen LogP contribution in [0.25, 0.3) is 11.3 Å². The number of hydrogen-bond donors (Lipinski definition) is 0. The van der Waals surface area contributed by atoms with Crippen molar-refractivity contribution in [2.24, 2.45) is 0 Å². The van der Waals surface area contributed by atoms with Crippen molar-refractivity contribution in [1.29, 1.82) is 0 Å². The number of hydrogen-bond acceptors (Lipinski definition) is 3. The maximum atomic E-state index is 5.33. The fraction of sp³-hybridized carbons (Fsp3) is 0.182. The van der Waals surface area contributed by atoms with Gasteiger partial charge in [-0.1, -0.05) is 0 Å². The van der Waals surface area contributed by atoms with Gasteiger partial charge >= 0.3 is 0 Å². The van der Waals surface area contributed by atoms with Gasteiger partial charge in [0, 0.05) is 5.56 Å². The summed E-state index contributed by atoms with van der Waals surface area (Å²) in [6.45, 7) is 2.65. The molecule has 0 aliphatic carbocycles. The summed E-state index contributed by atoms with van der Waals surface area (Å²) in [5, 5.41) is 0. The molecule has 0 atom stereocenters. The zero-order chi connectivity index (χ0) is 9.80. The molecule has 0 saturated heterocycles. The van der Waals surface area contributed by atoms with E-state index in [0.29, 0.717) is 6.61 Å².